The summed E-state index contributed by atoms with van der Waals surface area (Å²) < 4.78 is 3.12. The maximum absolute atomic E-state index is 11.6. The van der Waals surface area contributed by atoms with E-state index in [1.54, 1.807) is 11.6 Å². The van der Waals surface area contributed by atoms with Crippen LogP contribution in [0.5, 0.6) is 0 Å². The lowest BCUT2D eigenvalue weighted by Gasteiger charge is -1.99. The smallest absolute Gasteiger partial charge is 0.267 e. The molecule has 0 N–H and O–H groups in total. The van der Waals surface area contributed by atoms with Crippen LogP contribution in [0.3, 0.4) is 0 Å². The van der Waals surface area contributed by atoms with Crippen LogP contribution in [0.4, 0.5) is 0 Å². The molecule has 0 radical (unpaired) electrons. The zero-order chi connectivity index (χ0) is 10.1. The SMILES string of the molecule is C#CCSc1nn(C)c(=O)n1C1CC1. The maximum atomic E-state index is 11.6. The average molecular weight is 209 g/mol. The van der Waals surface area contributed by atoms with E-state index in [0.29, 0.717) is 11.8 Å². The Bertz CT molecular complexity index is 436. The molecule has 0 saturated heterocycles. The molecule has 0 amide bonds. The van der Waals surface area contributed by atoms with Gasteiger partial charge in [-0.05, 0) is 12.8 Å². The third-order valence-corrected chi connectivity index (χ3v) is 2.97. The van der Waals surface area contributed by atoms with E-state index in [1.165, 1.54) is 16.4 Å². The van der Waals surface area contributed by atoms with Gasteiger partial charge in [0.1, 0.15) is 0 Å². The van der Waals surface area contributed by atoms with Crippen molar-refractivity contribution in [2.75, 3.05) is 5.75 Å². The molecule has 1 saturated carbocycles. The second-order valence-electron chi connectivity index (χ2n) is 3.28. The molecular weight excluding hydrogens is 198 g/mol. The number of nitrogens with zero attached hydrogens (tertiary/aromatic N) is 3. The van der Waals surface area contributed by atoms with Gasteiger partial charge in [-0.25, -0.2) is 9.48 Å². The first kappa shape index (κ1) is 9.41. The molecule has 1 aliphatic rings. The van der Waals surface area contributed by atoms with Gasteiger partial charge in [0, 0.05) is 13.1 Å². The second kappa shape index (κ2) is 3.54. The van der Waals surface area contributed by atoms with Crippen LogP contribution in [0.25, 0.3) is 0 Å². The highest BCUT2D eigenvalue weighted by Crippen LogP contribution is 2.36. The molecule has 0 unspecified atom stereocenters. The van der Waals surface area contributed by atoms with E-state index in [2.05, 4.69) is 11.0 Å². The van der Waals surface area contributed by atoms with Crippen LogP contribution in [0.2, 0.25) is 0 Å². The Labute approximate surface area is 86.3 Å². The first-order valence-electron chi connectivity index (χ1n) is 4.46. The summed E-state index contributed by atoms with van der Waals surface area (Å²) in [6.45, 7) is 0. The Balaban J connectivity index is 2.34. The molecule has 74 valence electrons. The van der Waals surface area contributed by atoms with Crippen LogP contribution >= 0.6 is 11.8 Å². The first-order chi connectivity index (χ1) is 6.74. The lowest BCUT2D eigenvalue weighted by atomic mass is 10.7. The van der Waals surface area contributed by atoms with E-state index in [4.69, 9.17) is 6.42 Å². The molecule has 0 aromatic carbocycles. The van der Waals surface area contributed by atoms with Crippen molar-refractivity contribution < 1.29 is 0 Å². The Hall–Kier alpha value is -1.15. The third kappa shape index (κ3) is 1.58. The van der Waals surface area contributed by atoms with Gasteiger partial charge in [0.15, 0.2) is 5.16 Å². The lowest BCUT2D eigenvalue weighted by Crippen LogP contribution is -2.22. The summed E-state index contributed by atoms with van der Waals surface area (Å²) in [5.41, 5.74) is -0.0352. The van der Waals surface area contributed by atoms with E-state index in [9.17, 15) is 4.79 Å². The van der Waals surface area contributed by atoms with Gasteiger partial charge < -0.3 is 0 Å². The van der Waals surface area contributed by atoms with Gasteiger partial charge in [-0.3, -0.25) is 4.57 Å². The van der Waals surface area contributed by atoms with E-state index < -0.39 is 0 Å². The fourth-order valence-corrected chi connectivity index (χ4v) is 2.07. The minimum Gasteiger partial charge on any atom is -0.267 e. The number of terminal acetylenes is 1. The summed E-state index contributed by atoms with van der Waals surface area (Å²) in [7, 11) is 1.67. The average Bonchev–Trinajstić information content (AvgIpc) is 2.94. The zero-order valence-corrected chi connectivity index (χ0v) is 8.75. The molecule has 4 nitrogen and oxygen atoms in total. The third-order valence-electron chi connectivity index (χ3n) is 2.12. The van der Waals surface area contributed by atoms with Gasteiger partial charge in [-0.1, -0.05) is 17.7 Å². The molecule has 1 fully saturated rings. The minimum absolute atomic E-state index is 0.0352. The molecule has 0 aliphatic heterocycles. The molecule has 1 aliphatic carbocycles. The van der Waals surface area contributed by atoms with Crippen LogP contribution in [0.15, 0.2) is 9.95 Å². The fourth-order valence-electron chi connectivity index (χ4n) is 1.31. The molecule has 1 heterocycles. The highest BCUT2D eigenvalue weighted by atomic mass is 32.2. The lowest BCUT2D eigenvalue weighted by molar-refractivity contribution is 0.637. The van der Waals surface area contributed by atoms with E-state index >= 15 is 0 Å². The van der Waals surface area contributed by atoms with Crippen LogP contribution in [0.1, 0.15) is 18.9 Å². The summed E-state index contributed by atoms with van der Waals surface area (Å²) in [5.74, 6) is 3.09. The second-order valence-corrected chi connectivity index (χ2v) is 4.23. The van der Waals surface area contributed by atoms with Crippen molar-refractivity contribution in [3.05, 3.63) is 10.5 Å². The van der Waals surface area contributed by atoms with E-state index in [-0.39, 0.29) is 5.69 Å². The molecular formula is C9H11N3OS. The first-order valence-corrected chi connectivity index (χ1v) is 5.44. The Morgan fingerprint density at radius 2 is 2.43 bits per heavy atom. The van der Waals surface area contributed by atoms with Crippen LogP contribution in [-0.4, -0.2) is 20.1 Å². The van der Waals surface area contributed by atoms with Gasteiger partial charge in [-0.15, -0.1) is 11.5 Å². The van der Waals surface area contributed by atoms with Gasteiger partial charge in [0.25, 0.3) is 0 Å². The molecule has 14 heavy (non-hydrogen) atoms. The standard InChI is InChI=1S/C9H11N3OS/c1-3-6-14-8-10-11(2)9(13)12(8)7-4-5-7/h1,7H,4-6H2,2H3. The number of thioether (sulfide) groups is 1. The molecule has 0 spiro atoms. The van der Waals surface area contributed by atoms with Crippen molar-refractivity contribution in [2.24, 2.45) is 7.05 Å². The van der Waals surface area contributed by atoms with Crippen molar-refractivity contribution in [1.29, 1.82) is 0 Å². The van der Waals surface area contributed by atoms with Crippen LogP contribution < -0.4 is 5.69 Å². The predicted molar refractivity (Wildman–Crippen MR) is 55.3 cm³/mol. The topological polar surface area (TPSA) is 39.8 Å². The van der Waals surface area contributed by atoms with Crippen molar-refractivity contribution in [3.8, 4) is 12.3 Å². The highest BCUT2D eigenvalue weighted by Gasteiger charge is 2.29. The van der Waals surface area contributed by atoms with E-state index in [1.807, 2.05) is 0 Å². The number of hydrogen-bond acceptors (Lipinski definition) is 3. The summed E-state index contributed by atoms with van der Waals surface area (Å²) in [5, 5.41) is 4.89. The summed E-state index contributed by atoms with van der Waals surface area (Å²) >= 11 is 1.45. The van der Waals surface area contributed by atoms with Crippen LogP contribution in [0, 0.1) is 12.3 Å². The summed E-state index contributed by atoms with van der Waals surface area (Å²) in [4.78, 5) is 11.6. The largest absolute Gasteiger partial charge is 0.346 e. The predicted octanol–water partition coefficient (Wildman–Crippen LogP) is 0.642. The maximum Gasteiger partial charge on any atom is 0.346 e. The summed E-state index contributed by atoms with van der Waals surface area (Å²) in [6, 6.07) is 0.358. The molecule has 0 atom stereocenters. The van der Waals surface area contributed by atoms with Gasteiger partial charge >= 0.3 is 5.69 Å². The van der Waals surface area contributed by atoms with Gasteiger partial charge in [0.05, 0.1) is 5.75 Å². The Morgan fingerprint density at radius 3 is 3.00 bits per heavy atom. The van der Waals surface area contributed by atoms with Crippen molar-refractivity contribution >= 4 is 11.8 Å². The number of aromatic nitrogens is 3. The van der Waals surface area contributed by atoms with Gasteiger partial charge in [-0.2, -0.15) is 0 Å². The number of rotatable bonds is 3. The van der Waals surface area contributed by atoms with E-state index in [0.717, 1.165) is 18.0 Å². The Morgan fingerprint density at radius 1 is 1.71 bits per heavy atom. The summed E-state index contributed by atoms with van der Waals surface area (Å²) in [6.07, 6.45) is 7.33. The van der Waals surface area contributed by atoms with Gasteiger partial charge in [0.2, 0.25) is 0 Å². The fraction of sp³-hybridized carbons (Fsp3) is 0.556. The molecule has 2 rings (SSSR count). The minimum atomic E-state index is -0.0352. The number of aryl methyl sites for hydroxylation is 1. The molecule has 1 aromatic rings. The normalized spacial score (nSPS) is 15.4. The molecule has 1 aromatic heterocycles. The monoisotopic (exact) mass is 209 g/mol. The van der Waals surface area contributed by atoms with Crippen LogP contribution in [-0.2, 0) is 7.05 Å². The highest BCUT2D eigenvalue weighted by molar-refractivity contribution is 7.99. The Kier molecular flexibility index (Phi) is 2.38. The van der Waals surface area contributed by atoms with Crippen molar-refractivity contribution in [1.82, 2.24) is 14.3 Å². The molecule has 0 bridgehead atoms. The quantitative estimate of drug-likeness (QED) is 0.542. The van der Waals surface area contributed by atoms with Crippen molar-refractivity contribution in [2.45, 2.75) is 24.0 Å². The molecule has 5 heteroatoms. The zero-order valence-electron chi connectivity index (χ0n) is 7.93. The number of hydrogen-bond donors (Lipinski definition) is 0. The van der Waals surface area contributed by atoms with Crippen molar-refractivity contribution in [3.63, 3.8) is 0 Å².